The second-order valence-corrected chi connectivity index (χ2v) is 6.51. The molecule has 0 amide bonds. The van der Waals surface area contributed by atoms with E-state index in [1.807, 2.05) is 0 Å². The fourth-order valence-corrected chi connectivity index (χ4v) is 2.80. The van der Waals surface area contributed by atoms with Crippen LogP contribution in [-0.2, 0) is 16.6 Å². The summed E-state index contributed by atoms with van der Waals surface area (Å²) >= 11 is 0. The van der Waals surface area contributed by atoms with Crippen molar-refractivity contribution in [1.29, 1.82) is 0 Å². The van der Waals surface area contributed by atoms with Crippen LogP contribution in [0.25, 0.3) is 0 Å². The minimum atomic E-state index is -3.32. The van der Waals surface area contributed by atoms with E-state index < -0.39 is 10.0 Å². The van der Waals surface area contributed by atoms with Gasteiger partial charge in [0.25, 0.3) is 0 Å². The molecule has 5 nitrogen and oxygen atoms in total. The van der Waals surface area contributed by atoms with Crippen molar-refractivity contribution in [3.63, 3.8) is 0 Å². The van der Waals surface area contributed by atoms with E-state index in [0.717, 1.165) is 18.5 Å². The number of H-pyrrole nitrogens is 1. The van der Waals surface area contributed by atoms with Crippen LogP contribution in [-0.4, -0.2) is 25.5 Å². The van der Waals surface area contributed by atoms with E-state index in [9.17, 15) is 8.42 Å². The van der Waals surface area contributed by atoms with Crippen molar-refractivity contribution >= 4 is 10.0 Å². The minimum absolute atomic E-state index is 0.145. The van der Waals surface area contributed by atoms with E-state index in [1.54, 1.807) is 12.3 Å². The summed E-state index contributed by atoms with van der Waals surface area (Å²) in [6, 6.07) is 2.20. The number of rotatable bonds is 6. The van der Waals surface area contributed by atoms with Crippen LogP contribution in [0.3, 0.4) is 0 Å². The van der Waals surface area contributed by atoms with E-state index in [-0.39, 0.29) is 6.04 Å². The van der Waals surface area contributed by atoms with Gasteiger partial charge in [-0.3, -0.25) is 0 Å². The maximum atomic E-state index is 11.9. The molecule has 0 unspecified atom stereocenters. The third-order valence-electron chi connectivity index (χ3n) is 2.63. The largest absolute Gasteiger partial charge is 0.363 e. The summed E-state index contributed by atoms with van der Waals surface area (Å²) in [6.07, 6.45) is 3.44. The predicted molar refractivity (Wildman–Crippen MR) is 66.1 cm³/mol. The minimum Gasteiger partial charge on any atom is -0.363 e. The molecule has 0 radical (unpaired) electrons. The molecule has 0 aromatic carbocycles. The number of aromatic nitrogens is 1. The molecular weight excluding hydrogens is 238 g/mol. The quantitative estimate of drug-likeness (QED) is 0.710. The molecule has 1 aliphatic rings. The molecular formula is C11H19N3O2S. The molecule has 0 bridgehead atoms. The maximum absolute atomic E-state index is 11.9. The molecule has 3 N–H and O–H groups in total. The standard InChI is InChI=1S/C11H19N3O2S/c1-8(2)12-6-10-5-11(7-13-10)17(15,16)14-9-3-4-9/h5,7-9,12-14H,3-4,6H2,1-2H3. The molecule has 2 rings (SSSR count). The van der Waals surface area contributed by atoms with Gasteiger partial charge in [-0.1, -0.05) is 13.8 Å². The van der Waals surface area contributed by atoms with Crippen LogP contribution in [0.2, 0.25) is 0 Å². The monoisotopic (exact) mass is 257 g/mol. The van der Waals surface area contributed by atoms with Crippen LogP contribution in [0.1, 0.15) is 32.4 Å². The van der Waals surface area contributed by atoms with Gasteiger partial charge in [0.1, 0.15) is 0 Å². The van der Waals surface area contributed by atoms with Gasteiger partial charge in [-0.2, -0.15) is 0 Å². The smallest absolute Gasteiger partial charge is 0.242 e. The summed E-state index contributed by atoms with van der Waals surface area (Å²) in [5.41, 5.74) is 0.884. The Morgan fingerprint density at radius 2 is 2.18 bits per heavy atom. The van der Waals surface area contributed by atoms with Gasteiger partial charge < -0.3 is 10.3 Å². The predicted octanol–water partition coefficient (Wildman–Crippen LogP) is 0.953. The summed E-state index contributed by atoms with van der Waals surface area (Å²) in [5.74, 6) is 0. The molecule has 0 aliphatic heterocycles. The molecule has 1 saturated carbocycles. The lowest BCUT2D eigenvalue weighted by molar-refractivity contribution is 0.580. The average Bonchev–Trinajstić information content (AvgIpc) is 2.90. The number of sulfonamides is 1. The molecule has 1 heterocycles. The second-order valence-electron chi connectivity index (χ2n) is 4.79. The highest BCUT2D eigenvalue weighted by molar-refractivity contribution is 7.89. The van der Waals surface area contributed by atoms with Gasteiger partial charge in [-0.25, -0.2) is 13.1 Å². The zero-order chi connectivity index (χ0) is 12.5. The summed E-state index contributed by atoms with van der Waals surface area (Å²) in [5, 5.41) is 3.23. The first kappa shape index (κ1) is 12.6. The van der Waals surface area contributed by atoms with Gasteiger partial charge in [-0.15, -0.1) is 0 Å². The number of nitrogens with one attached hydrogen (secondary N) is 3. The Hall–Kier alpha value is -0.850. The summed E-state index contributed by atoms with van der Waals surface area (Å²) < 4.78 is 26.4. The van der Waals surface area contributed by atoms with Crippen LogP contribution in [0.15, 0.2) is 17.2 Å². The first-order valence-corrected chi connectivity index (χ1v) is 7.39. The van der Waals surface area contributed by atoms with E-state index >= 15 is 0 Å². The highest BCUT2D eigenvalue weighted by atomic mass is 32.2. The van der Waals surface area contributed by atoms with Crippen molar-refractivity contribution in [1.82, 2.24) is 15.0 Å². The molecule has 96 valence electrons. The topological polar surface area (TPSA) is 74.0 Å². The first-order chi connectivity index (χ1) is 7.97. The van der Waals surface area contributed by atoms with Crippen molar-refractivity contribution in [2.24, 2.45) is 0 Å². The SMILES string of the molecule is CC(C)NCc1cc(S(=O)(=O)NC2CC2)c[nH]1. The van der Waals surface area contributed by atoms with E-state index in [1.165, 1.54) is 0 Å². The highest BCUT2D eigenvalue weighted by Crippen LogP contribution is 2.22. The molecule has 0 atom stereocenters. The Bertz CT molecular complexity index is 475. The molecule has 1 aromatic rings. The average molecular weight is 257 g/mol. The molecule has 0 spiro atoms. The third kappa shape index (κ3) is 3.55. The fraction of sp³-hybridized carbons (Fsp3) is 0.636. The zero-order valence-electron chi connectivity index (χ0n) is 10.2. The van der Waals surface area contributed by atoms with E-state index in [4.69, 9.17) is 0 Å². The number of hydrogen-bond donors (Lipinski definition) is 3. The number of aromatic amines is 1. The van der Waals surface area contributed by atoms with Gasteiger partial charge >= 0.3 is 0 Å². The van der Waals surface area contributed by atoms with E-state index in [2.05, 4.69) is 28.9 Å². The molecule has 1 aromatic heterocycles. The van der Waals surface area contributed by atoms with Crippen molar-refractivity contribution in [2.75, 3.05) is 0 Å². The zero-order valence-corrected chi connectivity index (χ0v) is 11.0. The van der Waals surface area contributed by atoms with Gasteiger partial charge in [0.05, 0.1) is 4.90 Å². The Balaban J connectivity index is 2.01. The molecule has 1 fully saturated rings. The van der Waals surface area contributed by atoms with Crippen molar-refractivity contribution in [3.8, 4) is 0 Å². The Morgan fingerprint density at radius 1 is 1.47 bits per heavy atom. The third-order valence-corrected chi connectivity index (χ3v) is 4.13. The van der Waals surface area contributed by atoms with Crippen LogP contribution < -0.4 is 10.0 Å². The second kappa shape index (κ2) is 4.80. The van der Waals surface area contributed by atoms with E-state index in [0.29, 0.717) is 17.5 Å². The molecule has 6 heteroatoms. The Kier molecular flexibility index (Phi) is 3.56. The summed E-state index contributed by atoms with van der Waals surface area (Å²) in [7, 11) is -3.32. The highest BCUT2D eigenvalue weighted by Gasteiger charge is 2.28. The lowest BCUT2D eigenvalue weighted by atomic mass is 10.3. The van der Waals surface area contributed by atoms with Gasteiger partial charge in [-0.05, 0) is 18.9 Å². The Labute approximate surface area is 102 Å². The van der Waals surface area contributed by atoms with Gasteiger partial charge in [0, 0.05) is 30.5 Å². The lowest BCUT2D eigenvalue weighted by Crippen LogP contribution is -2.25. The van der Waals surface area contributed by atoms with Crippen molar-refractivity contribution < 1.29 is 8.42 Å². The van der Waals surface area contributed by atoms with Gasteiger partial charge in [0.2, 0.25) is 10.0 Å². The van der Waals surface area contributed by atoms with Crippen LogP contribution in [0, 0.1) is 0 Å². The van der Waals surface area contributed by atoms with Gasteiger partial charge in [0.15, 0.2) is 0 Å². The Morgan fingerprint density at radius 3 is 2.76 bits per heavy atom. The van der Waals surface area contributed by atoms with Crippen LogP contribution in [0.5, 0.6) is 0 Å². The van der Waals surface area contributed by atoms with Crippen molar-refractivity contribution in [2.45, 2.75) is 50.2 Å². The molecule has 1 aliphatic carbocycles. The first-order valence-electron chi connectivity index (χ1n) is 5.90. The summed E-state index contributed by atoms with van der Waals surface area (Å²) in [4.78, 5) is 3.30. The molecule has 0 saturated heterocycles. The van der Waals surface area contributed by atoms with Crippen molar-refractivity contribution in [3.05, 3.63) is 18.0 Å². The van der Waals surface area contributed by atoms with Crippen LogP contribution >= 0.6 is 0 Å². The summed E-state index contributed by atoms with van der Waals surface area (Å²) in [6.45, 7) is 4.75. The normalized spacial score (nSPS) is 16.6. The van der Waals surface area contributed by atoms with Crippen LogP contribution in [0.4, 0.5) is 0 Å². The lowest BCUT2D eigenvalue weighted by Gasteiger charge is -2.05. The maximum Gasteiger partial charge on any atom is 0.242 e. The molecule has 17 heavy (non-hydrogen) atoms. The number of hydrogen-bond acceptors (Lipinski definition) is 3. The fourth-order valence-electron chi connectivity index (χ4n) is 1.48.